The summed E-state index contributed by atoms with van der Waals surface area (Å²) in [6, 6.07) is 2.38. The third kappa shape index (κ3) is 1.94. The van der Waals surface area contributed by atoms with Gasteiger partial charge in [-0.25, -0.2) is 0 Å². The van der Waals surface area contributed by atoms with Gasteiger partial charge in [-0.1, -0.05) is 38.0 Å². The fourth-order valence-corrected chi connectivity index (χ4v) is 3.21. The Labute approximate surface area is 105 Å². The Morgan fingerprint density at radius 3 is 3.06 bits per heavy atom. The summed E-state index contributed by atoms with van der Waals surface area (Å²) >= 11 is 0. The zero-order valence-corrected chi connectivity index (χ0v) is 10.7. The molecule has 1 aromatic rings. The fraction of sp³-hybridized carbons (Fsp3) is 0.471. The average molecular weight is 224 g/mol. The van der Waals surface area contributed by atoms with Crippen LogP contribution in [-0.2, 0) is 19.3 Å². The van der Waals surface area contributed by atoms with Crippen molar-refractivity contribution in [3.63, 3.8) is 0 Å². The van der Waals surface area contributed by atoms with Gasteiger partial charge >= 0.3 is 0 Å². The van der Waals surface area contributed by atoms with Crippen LogP contribution in [-0.4, -0.2) is 0 Å². The van der Waals surface area contributed by atoms with Crippen LogP contribution < -0.4 is 0 Å². The molecule has 17 heavy (non-hydrogen) atoms. The predicted molar refractivity (Wildman–Crippen MR) is 73.1 cm³/mol. The number of hydrogen-bond acceptors (Lipinski definition) is 0. The first-order valence-corrected chi connectivity index (χ1v) is 7.01. The maximum atomic E-state index is 3.38. The maximum Gasteiger partial charge on any atom is 0.0429 e. The number of rotatable bonds is 4. The first kappa shape index (κ1) is 11.1. The van der Waals surface area contributed by atoms with Crippen LogP contribution >= 0.6 is 0 Å². The highest BCUT2D eigenvalue weighted by atomic mass is 14.3. The third-order valence-corrected chi connectivity index (χ3v) is 4.08. The molecular weight excluding hydrogens is 204 g/mol. The molecule has 3 rings (SSSR count). The lowest BCUT2D eigenvalue weighted by molar-refractivity contribution is 0.713. The predicted octanol–water partition coefficient (Wildman–Crippen LogP) is 4.36. The van der Waals surface area contributed by atoms with E-state index in [4.69, 9.17) is 0 Å². The molecule has 0 aliphatic heterocycles. The lowest BCUT2D eigenvalue weighted by atomic mass is 9.91. The second kappa shape index (κ2) is 4.68. The maximum absolute atomic E-state index is 3.38. The topological polar surface area (TPSA) is 0 Å². The van der Waals surface area contributed by atoms with Crippen LogP contribution in [0.4, 0.5) is 0 Å². The number of unbranched alkanes of at least 4 members (excludes halogenated alkanes) is 2. The highest BCUT2D eigenvalue weighted by Gasteiger charge is 2.21. The third-order valence-electron chi connectivity index (χ3n) is 4.08. The van der Waals surface area contributed by atoms with E-state index in [-0.39, 0.29) is 0 Å². The summed E-state index contributed by atoms with van der Waals surface area (Å²) in [7, 11) is 0. The Kier molecular flexibility index (Phi) is 3.05. The van der Waals surface area contributed by atoms with Gasteiger partial charge in [-0.3, -0.25) is 0 Å². The van der Waals surface area contributed by atoms with E-state index < -0.39 is 0 Å². The minimum absolute atomic E-state index is 1.27. The number of fused-ring (bicyclic) bond motifs is 2. The van der Waals surface area contributed by atoms with E-state index in [1.807, 2.05) is 0 Å². The Morgan fingerprint density at radius 2 is 2.18 bits per heavy atom. The van der Waals surface area contributed by atoms with Crippen LogP contribution in [0.1, 0.15) is 60.4 Å². The summed E-state index contributed by atoms with van der Waals surface area (Å²) in [5, 5.41) is 0. The highest BCUT2D eigenvalue weighted by Crippen LogP contribution is 2.35. The smallest absolute Gasteiger partial charge is 0.0429 e. The molecule has 0 heteroatoms. The molecule has 2 aliphatic rings. The van der Waals surface area contributed by atoms with E-state index in [1.165, 1.54) is 56.1 Å². The summed E-state index contributed by atoms with van der Waals surface area (Å²) in [4.78, 5) is 0. The lowest BCUT2D eigenvalue weighted by Gasteiger charge is -2.14. The molecule has 2 radical (unpaired) electrons. The number of allylic oxidation sites excluding steroid dienone is 1. The van der Waals surface area contributed by atoms with Gasteiger partial charge in [0.05, 0.1) is 0 Å². The zero-order valence-electron chi connectivity index (χ0n) is 10.7. The van der Waals surface area contributed by atoms with E-state index in [0.717, 1.165) is 0 Å². The van der Waals surface area contributed by atoms with Crippen LogP contribution in [0.15, 0.2) is 12.1 Å². The molecule has 2 aliphatic carbocycles. The Bertz CT molecular complexity index is 451. The Balaban J connectivity index is 1.96. The van der Waals surface area contributed by atoms with Gasteiger partial charge in [-0.05, 0) is 59.9 Å². The molecule has 0 atom stereocenters. The molecule has 0 bridgehead atoms. The van der Waals surface area contributed by atoms with Gasteiger partial charge in [0, 0.05) is 6.42 Å². The van der Waals surface area contributed by atoms with E-state index in [2.05, 4.69) is 31.6 Å². The molecule has 0 unspecified atom stereocenters. The first-order chi connectivity index (χ1) is 8.40. The SMILES string of the molecule is CCCCCc1c2c(cc3c1CCC3)[C]C=C2. The summed E-state index contributed by atoms with van der Waals surface area (Å²) in [5.41, 5.74) is 7.74. The van der Waals surface area contributed by atoms with Gasteiger partial charge in [0.1, 0.15) is 0 Å². The van der Waals surface area contributed by atoms with Crippen LogP contribution in [0, 0.1) is 6.42 Å². The highest BCUT2D eigenvalue weighted by molar-refractivity contribution is 5.70. The summed E-state index contributed by atoms with van der Waals surface area (Å²) < 4.78 is 0. The van der Waals surface area contributed by atoms with Gasteiger partial charge in [-0.15, -0.1) is 0 Å². The monoisotopic (exact) mass is 224 g/mol. The first-order valence-electron chi connectivity index (χ1n) is 7.01. The van der Waals surface area contributed by atoms with E-state index in [0.29, 0.717) is 0 Å². The quantitative estimate of drug-likeness (QED) is 0.666. The van der Waals surface area contributed by atoms with Gasteiger partial charge in [0.25, 0.3) is 0 Å². The molecule has 0 fully saturated rings. The minimum Gasteiger partial charge on any atom is -0.0708 e. The normalized spacial score (nSPS) is 16.3. The molecule has 0 N–H and O–H groups in total. The molecule has 0 spiro atoms. The molecule has 0 heterocycles. The van der Waals surface area contributed by atoms with Crippen molar-refractivity contribution in [1.29, 1.82) is 0 Å². The van der Waals surface area contributed by atoms with Crippen molar-refractivity contribution >= 4 is 6.08 Å². The van der Waals surface area contributed by atoms with Crippen LogP contribution in [0.3, 0.4) is 0 Å². The molecule has 0 aromatic heterocycles. The van der Waals surface area contributed by atoms with Crippen molar-refractivity contribution in [2.75, 3.05) is 0 Å². The molecule has 88 valence electrons. The average Bonchev–Trinajstić information content (AvgIpc) is 2.95. The molecule has 1 aromatic carbocycles. The minimum atomic E-state index is 1.27. The van der Waals surface area contributed by atoms with Crippen molar-refractivity contribution in [3.05, 3.63) is 46.4 Å². The molecule has 0 saturated carbocycles. The van der Waals surface area contributed by atoms with E-state index >= 15 is 0 Å². The summed E-state index contributed by atoms with van der Waals surface area (Å²) in [6.45, 7) is 2.28. The van der Waals surface area contributed by atoms with Crippen molar-refractivity contribution < 1.29 is 0 Å². The lowest BCUT2D eigenvalue weighted by Crippen LogP contribution is -2.00. The summed E-state index contributed by atoms with van der Waals surface area (Å²) in [5.74, 6) is 0. The van der Waals surface area contributed by atoms with Gasteiger partial charge in [0.2, 0.25) is 0 Å². The number of aryl methyl sites for hydroxylation is 1. The second-order valence-corrected chi connectivity index (χ2v) is 5.24. The van der Waals surface area contributed by atoms with Crippen LogP contribution in [0.2, 0.25) is 0 Å². The fourth-order valence-electron chi connectivity index (χ4n) is 3.21. The zero-order chi connectivity index (χ0) is 11.7. The summed E-state index contributed by atoms with van der Waals surface area (Å²) in [6.07, 6.45) is 16.9. The number of hydrogen-bond donors (Lipinski definition) is 0. The van der Waals surface area contributed by atoms with Crippen molar-refractivity contribution in [3.8, 4) is 0 Å². The van der Waals surface area contributed by atoms with Gasteiger partial charge in [0.15, 0.2) is 0 Å². The van der Waals surface area contributed by atoms with Crippen molar-refractivity contribution in [1.82, 2.24) is 0 Å². The Morgan fingerprint density at radius 1 is 1.24 bits per heavy atom. The number of benzene rings is 1. The molecule has 0 amide bonds. The second-order valence-electron chi connectivity index (χ2n) is 5.24. The van der Waals surface area contributed by atoms with Crippen molar-refractivity contribution in [2.45, 2.75) is 51.9 Å². The molecular formula is C17H20. The van der Waals surface area contributed by atoms with E-state index in [9.17, 15) is 0 Å². The van der Waals surface area contributed by atoms with Gasteiger partial charge in [-0.2, -0.15) is 0 Å². The Hall–Kier alpha value is -1.04. The molecule has 0 nitrogen and oxygen atoms in total. The molecule has 0 saturated heterocycles. The van der Waals surface area contributed by atoms with E-state index in [1.54, 1.807) is 16.7 Å². The van der Waals surface area contributed by atoms with Gasteiger partial charge < -0.3 is 0 Å². The standard InChI is InChI=1S/C17H20/c1-2-3-4-9-17-15-10-5-7-13(15)12-14-8-6-11-16(14)17/h5,10,12H,2-4,6,8-9,11H2,1H3. The van der Waals surface area contributed by atoms with Crippen molar-refractivity contribution in [2.24, 2.45) is 0 Å². The largest absolute Gasteiger partial charge is 0.0708 e. The van der Waals surface area contributed by atoms with Crippen LogP contribution in [0.25, 0.3) is 6.08 Å². The van der Waals surface area contributed by atoms with Crippen LogP contribution in [0.5, 0.6) is 0 Å².